The van der Waals surface area contributed by atoms with E-state index < -0.39 is 5.97 Å². The van der Waals surface area contributed by atoms with Crippen LogP contribution in [0.25, 0.3) is 5.57 Å². The fourth-order valence-corrected chi connectivity index (χ4v) is 2.91. The molecule has 0 aliphatic rings. The molecule has 0 spiro atoms. The zero-order valence-corrected chi connectivity index (χ0v) is 17.7. The molecule has 0 aliphatic heterocycles. The molecule has 0 N–H and O–H groups in total. The summed E-state index contributed by atoms with van der Waals surface area (Å²) in [6.07, 6.45) is 1.34. The summed E-state index contributed by atoms with van der Waals surface area (Å²) in [6.45, 7) is 0.364. The standard InChI is InChI=1S/C25H24O6/c1-27-17-23(25(26)29-3)22-12-4-5-13-24(22)31-21-11-6-8-18(14-21)16-30-20-10-7-9-19(15-20)28-2/h4-15,17H,16H2,1-3H3. The van der Waals surface area contributed by atoms with Crippen molar-refractivity contribution in [3.63, 3.8) is 0 Å². The van der Waals surface area contributed by atoms with Crippen molar-refractivity contribution in [3.8, 4) is 23.0 Å². The Labute approximate surface area is 181 Å². The van der Waals surface area contributed by atoms with Gasteiger partial charge in [-0.15, -0.1) is 0 Å². The highest BCUT2D eigenvalue weighted by molar-refractivity contribution is 6.17. The highest BCUT2D eigenvalue weighted by Gasteiger charge is 2.18. The summed E-state index contributed by atoms with van der Waals surface area (Å²) < 4.78 is 27.1. The quantitative estimate of drug-likeness (QED) is 0.268. The fraction of sp³-hybridized carbons (Fsp3) is 0.160. The van der Waals surface area contributed by atoms with Crippen molar-refractivity contribution < 1.29 is 28.5 Å². The van der Waals surface area contributed by atoms with E-state index in [0.29, 0.717) is 29.4 Å². The third-order valence-corrected chi connectivity index (χ3v) is 4.39. The number of methoxy groups -OCH3 is 3. The summed E-state index contributed by atoms with van der Waals surface area (Å²) in [5.74, 6) is 2.04. The van der Waals surface area contributed by atoms with E-state index in [0.717, 1.165) is 11.3 Å². The van der Waals surface area contributed by atoms with Gasteiger partial charge in [-0.05, 0) is 35.9 Å². The minimum Gasteiger partial charge on any atom is -0.503 e. The lowest BCUT2D eigenvalue weighted by Crippen LogP contribution is -2.05. The van der Waals surface area contributed by atoms with Gasteiger partial charge < -0.3 is 23.7 Å². The summed E-state index contributed by atoms with van der Waals surface area (Å²) in [5, 5.41) is 0. The van der Waals surface area contributed by atoms with Gasteiger partial charge in [0.25, 0.3) is 0 Å². The van der Waals surface area contributed by atoms with Gasteiger partial charge in [0.1, 0.15) is 35.2 Å². The Kier molecular flexibility index (Phi) is 7.54. The van der Waals surface area contributed by atoms with Crippen LogP contribution in [0.2, 0.25) is 0 Å². The average molecular weight is 420 g/mol. The second-order valence-electron chi connectivity index (χ2n) is 6.47. The first kappa shape index (κ1) is 21.8. The van der Waals surface area contributed by atoms with Gasteiger partial charge in [-0.25, -0.2) is 4.79 Å². The fourth-order valence-electron chi connectivity index (χ4n) is 2.91. The minimum atomic E-state index is -0.515. The number of rotatable bonds is 9. The summed E-state index contributed by atoms with van der Waals surface area (Å²) in [7, 11) is 4.41. The first-order valence-electron chi connectivity index (χ1n) is 9.59. The molecular weight excluding hydrogens is 396 g/mol. The molecule has 0 bridgehead atoms. The molecule has 3 aromatic carbocycles. The van der Waals surface area contributed by atoms with E-state index in [9.17, 15) is 4.79 Å². The van der Waals surface area contributed by atoms with Gasteiger partial charge in [0.15, 0.2) is 0 Å². The van der Waals surface area contributed by atoms with Gasteiger partial charge in [-0.2, -0.15) is 0 Å². The van der Waals surface area contributed by atoms with Gasteiger partial charge >= 0.3 is 5.97 Å². The van der Waals surface area contributed by atoms with Gasteiger partial charge in [0, 0.05) is 11.6 Å². The highest BCUT2D eigenvalue weighted by Crippen LogP contribution is 2.31. The van der Waals surface area contributed by atoms with Crippen LogP contribution in [0, 0.1) is 0 Å². The van der Waals surface area contributed by atoms with E-state index in [1.165, 1.54) is 20.5 Å². The molecule has 0 aliphatic carbocycles. The lowest BCUT2D eigenvalue weighted by Gasteiger charge is -2.13. The molecule has 0 heterocycles. The molecular formula is C25H24O6. The number of hydrogen-bond donors (Lipinski definition) is 0. The average Bonchev–Trinajstić information content (AvgIpc) is 2.81. The maximum atomic E-state index is 12.2. The van der Waals surface area contributed by atoms with E-state index >= 15 is 0 Å². The van der Waals surface area contributed by atoms with Crippen LogP contribution in [-0.2, 0) is 20.9 Å². The molecule has 31 heavy (non-hydrogen) atoms. The van der Waals surface area contributed by atoms with Crippen LogP contribution in [0.3, 0.4) is 0 Å². The molecule has 0 saturated heterocycles. The van der Waals surface area contributed by atoms with Gasteiger partial charge in [-0.3, -0.25) is 0 Å². The Hall–Kier alpha value is -3.93. The summed E-state index contributed by atoms with van der Waals surface area (Å²) in [4.78, 5) is 12.2. The number of ether oxygens (including phenoxy) is 5. The summed E-state index contributed by atoms with van der Waals surface area (Å²) in [5.41, 5.74) is 1.76. The van der Waals surface area contributed by atoms with Crippen LogP contribution in [-0.4, -0.2) is 27.3 Å². The van der Waals surface area contributed by atoms with Crippen molar-refractivity contribution in [2.24, 2.45) is 0 Å². The monoisotopic (exact) mass is 420 g/mol. The summed E-state index contributed by atoms with van der Waals surface area (Å²) in [6, 6.07) is 22.2. The van der Waals surface area contributed by atoms with Crippen LogP contribution in [0.5, 0.6) is 23.0 Å². The van der Waals surface area contributed by atoms with Crippen LogP contribution < -0.4 is 14.2 Å². The molecule has 0 radical (unpaired) electrons. The van der Waals surface area contributed by atoms with E-state index in [2.05, 4.69) is 0 Å². The maximum Gasteiger partial charge on any atom is 0.341 e. The molecule has 0 amide bonds. The Morgan fingerprint density at radius 1 is 0.839 bits per heavy atom. The van der Waals surface area contributed by atoms with Crippen molar-refractivity contribution >= 4 is 11.5 Å². The molecule has 3 rings (SSSR count). The van der Waals surface area contributed by atoms with E-state index in [4.69, 9.17) is 23.7 Å². The number of benzene rings is 3. The molecule has 0 unspecified atom stereocenters. The number of esters is 1. The Morgan fingerprint density at radius 3 is 2.35 bits per heavy atom. The lowest BCUT2D eigenvalue weighted by molar-refractivity contribution is -0.133. The molecule has 6 heteroatoms. The van der Waals surface area contributed by atoms with Crippen LogP contribution in [0.1, 0.15) is 11.1 Å². The zero-order chi connectivity index (χ0) is 22.1. The topological polar surface area (TPSA) is 63.2 Å². The first-order chi connectivity index (χ1) is 15.1. The number of carbonyl (C=O) groups is 1. The molecule has 160 valence electrons. The van der Waals surface area contributed by atoms with Crippen molar-refractivity contribution in [1.29, 1.82) is 0 Å². The van der Waals surface area contributed by atoms with Gasteiger partial charge in [0.2, 0.25) is 0 Å². The Morgan fingerprint density at radius 2 is 1.58 bits per heavy atom. The van der Waals surface area contributed by atoms with E-state index in [1.54, 1.807) is 19.2 Å². The van der Waals surface area contributed by atoms with Crippen molar-refractivity contribution in [2.75, 3.05) is 21.3 Å². The molecule has 0 aromatic heterocycles. The minimum absolute atomic E-state index is 0.262. The second-order valence-corrected chi connectivity index (χ2v) is 6.47. The SMILES string of the molecule is COC=C(C(=O)OC)c1ccccc1Oc1cccc(COc2cccc(OC)c2)c1. The van der Waals surface area contributed by atoms with Crippen LogP contribution in [0.15, 0.2) is 79.1 Å². The third kappa shape index (κ3) is 5.79. The van der Waals surface area contributed by atoms with Crippen molar-refractivity contribution in [1.82, 2.24) is 0 Å². The first-order valence-corrected chi connectivity index (χ1v) is 9.59. The third-order valence-electron chi connectivity index (χ3n) is 4.39. The van der Waals surface area contributed by atoms with E-state index in [-0.39, 0.29) is 5.57 Å². The maximum absolute atomic E-state index is 12.2. The van der Waals surface area contributed by atoms with Crippen LogP contribution in [0.4, 0.5) is 0 Å². The number of carbonyl (C=O) groups excluding carboxylic acids is 1. The number of hydrogen-bond acceptors (Lipinski definition) is 6. The molecule has 0 fully saturated rings. The second kappa shape index (κ2) is 10.7. The van der Waals surface area contributed by atoms with Gasteiger partial charge in [-0.1, -0.05) is 36.4 Å². The summed E-state index contributed by atoms with van der Waals surface area (Å²) >= 11 is 0. The van der Waals surface area contributed by atoms with Crippen molar-refractivity contribution in [3.05, 3.63) is 90.2 Å². The lowest BCUT2D eigenvalue weighted by atomic mass is 10.1. The van der Waals surface area contributed by atoms with E-state index in [1.807, 2.05) is 60.7 Å². The molecule has 3 aromatic rings. The molecule has 6 nitrogen and oxygen atoms in total. The Bertz CT molecular complexity index is 1060. The highest BCUT2D eigenvalue weighted by atomic mass is 16.5. The number of para-hydroxylation sites is 1. The molecule has 0 saturated carbocycles. The Balaban J connectivity index is 1.78. The predicted octanol–water partition coefficient (Wildman–Crippen LogP) is 5.23. The van der Waals surface area contributed by atoms with Crippen LogP contribution >= 0.6 is 0 Å². The smallest absolute Gasteiger partial charge is 0.341 e. The van der Waals surface area contributed by atoms with Crippen molar-refractivity contribution in [2.45, 2.75) is 6.61 Å². The largest absolute Gasteiger partial charge is 0.503 e. The molecule has 0 atom stereocenters. The predicted molar refractivity (Wildman–Crippen MR) is 117 cm³/mol. The van der Waals surface area contributed by atoms with Gasteiger partial charge in [0.05, 0.1) is 27.6 Å². The zero-order valence-electron chi connectivity index (χ0n) is 17.7. The normalized spacial score (nSPS) is 10.9.